The molecule has 3 nitrogen and oxygen atoms in total. The summed E-state index contributed by atoms with van der Waals surface area (Å²) in [5.74, 6) is 1.93. The number of hydrogen-bond donors (Lipinski definition) is 0. The molecule has 1 heterocycles. The number of rotatable bonds is 6. The monoisotopic (exact) mass is 270 g/mol. The standard InChI is InChI=1S/C14H19ClO3/c1-2-16-13-7-3-5-11(9-15)14(13)18-10-12-6-4-8-17-12/h3,5,7,12H,2,4,6,8-10H2,1H3. The van der Waals surface area contributed by atoms with Crippen molar-refractivity contribution >= 4 is 11.6 Å². The van der Waals surface area contributed by atoms with Gasteiger partial charge in [-0.15, -0.1) is 11.6 Å². The van der Waals surface area contributed by atoms with Crippen molar-refractivity contribution in [3.63, 3.8) is 0 Å². The fourth-order valence-electron chi connectivity index (χ4n) is 2.05. The zero-order chi connectivity index (χ0) is 12.8. The summed E-state index contributed by atoms with van der Waals surface area (Å²) >= 11 is 5.93. The molecule has 1 aliphatic rings. The van der Waals surface area contributed by atoms with E-state index in [0.29, 0.717) is 19.1 Å². The molecular weight excluding hydrogens is 252 g/mol. The van der Waals surface area contributed by atoms with Crippen molar-refractivity contribution < 1.29 is 14.2 Å². The molecule has 1 unspecified atom stereocenters. The van der Waals surface area contributed by atoms with E-state index < -0.39 is 0 Å². The summed E-state index contributed by atoms with van der Waals surface area (Å²) < 4.78 is 17.0. The van der Waals surface area contributed by atoms with Crippen LogP contribution in [0.15, 0.2) is 18.2 Å². The van der Waals surface area contributed by atoms with Gasteiger partial charge in [-0.2, -0.15) is 0 Å². The molecule has 18 heavy (non-hydrogen) atoms. The lowest BCUT2D eigenvalue weighted by Gasteiger charge is -2.17. The summed E-state index contributed by atoms with van der Waals surface area (Å²) in [5, 5.41) is 0. The van der Waals surface area contributed by atoms with Crippen molar-refractivity contribution in [2.75, 3.05) is 19.8 Å². The fourth-order valence-corrected chi connectivity index (χ4v) is 2.26. The average Bonchev–Trinajstić information content (AvgIpc) is 2.90. The molecule has 0 amide bonds. The van der Waals surface area contributed by atoms with Gasteiger partial charge in [-0.1, -0.05) is 12.1 Å². The van der Waals surface area contributed by atoms with E-state index in [2.05, 4.69) is 0 Å². The average molecular weight is 271 g/mol. The van der Waals surface area contributed by atoms with Gasteiger partial charge in [0, 0.05) is 12.2 Å². The van der Waals surface area contributed by atoms with Crippen LogP contribution in [0.4, 0.5) is 0 Å². The largest absolute Gasteiger partial charge is 0.490 e. The second kappa shape index (κ2) is 6.86. The molecule has 1 aromatic carbocycles. The molecule has 1 aliphatic heterocycles. The minimum atomic E-state index is 0.197. The van der Waals surface area contributed by atoms with E-state index in [1.165, 1.54) is 0 Å². The molecule has 100 valence electrons. The van der Waals surface area contributed by atoms with E-state index in [1.54, 1.807) is 0 Å². The van der Waals surface area contributed by atoms with Gasteiger partial charge in [0.05, 0.1) is 18.6 Å². The van der Waals surface area contributed by atoms with Crippen LogP contribution in [0.5, 0.6) is 11.5 Å². The minimum absolute atomic E-state index is 0.197. The molecule has 1 aromatic rings. The molecule has 1 fully saturated rings. The van der Waals surface area contributed by atoms with E-state index in [-0.39, 0.29) is 6.10 Å². The molecule has 0 N–H and O–H groups in total. The lowest BCUT2D eigenvalue weighted by molar-refractivity contribution is 0.0664. The number of ether oxygens (including phenoxy) is 3. The Kier molecular flexibility index (Phi) is 5.14. The van der Waals surface area contributed by atoms with Crippen LogP contribution < -0.4 is 9.47 Å². The van der Waals surface area contributed by atoms with Gasteiger partial charge in [0.15, 0.2) is 11.5 Å². The Bertz CT molecular complexity index is 375. The highest BCUT2D eigenvalue weighted by molar-refractivity contribution is 6.17. The SMILES string of the molecule is CCOc1cccc(CCl)c1OCC1CCCO1. The van der Waals surface area contributed by atoms with Gasteiger partial charge in [-0.3, -0.25) is 0 Å². The Labute approximate surface area is 113 Å². The molecule has 1 saturated heterocycles. The van der Waals surface area contributed by atoms with E-state index in [1.807, 2.05) is 25.1 Å². The van der Waals surface area contributed by atoms with Gasteiger partial charge in [0.1, 0.15) is 6.61 Å². The molecule has 0 aromatic heterocycles. The summed E-state index contributed by atoms with van der Waals surface area (Å²) in [6, 6.07) is 5.80. The molecular formula is C14H19ClO3. The molecule has 0 saturated carbocycles. The molecule has 0 spiro atoms. The van der Waals surface area contributed by atoms with Crippen molar-refractivity contribution in [2.24, 2.45) is 0 Å². The minimum Gasteiger partial charge on any atom is -0.490 e. The highest BCUT2D eigenvalue weighted by Gasteiger charge is 2.18. The highest BCUT2D eigenvalue weighted by atomic mass is 35.5. The third-order valence-corrected chi connectivity index (χ3v) is 3.23. The third kappa shape index (κ3) is 3.30. The van der Waals surface area contributed by atoms with Crippen molar-refractivity contribution in [2.45, 2.75) is 31.7 Å². The smallest absolute Gasteiger partial charge is 0.165 e. The maximum atomic E-state index is 5.93. The number of benzene rings is 1. The normalized spacial score (nSPS) is 18.9. The van der Waals surface area contributed by atoms with Gasteiger partial charge in [-0.05, 0) is 25.8 Å². The highest BCUT2D eigenvalue weighted by Crippen LogP contribution is 2.33. The van der Waals surface area contributed by atoms with Gasteiger partial charge in [0.25, 0.3) is 0 Å². The maximum absolute atomic E-state index is 5.93. The van der Waals surface area contributed by atoms with Crippen molar-refractivity contribution in [3.05, 3.63) is 23.8 Å². The number of para-hydroxylation sites is 1. The second-order valence-electron chi connectivity index (χ2n) is 4.26. The van der Waals surface area contributed by atoms with Crippen molar-refractivity contribution in [1.29, 1.82) is 0 Å². The predicted octanol–water partition coefficient (Wildman–Crippen LogP) is 3.38. The van der Waals surface area contributed by atoms with Gasteiger partial charge < -0.3 is 14.2 Å². The van der Waals surface area contributed by atoms with Crippen LogP contribution in [0.2, 0.25) is 0 Å². The van der Waals surface area contributed by atoms with Crippen LogP contribution >= 0.6 is 11.6 Å². The molecule has 4 heteroatoms. The van der Waals surface area contributed by atoms with Gasteiger partial charge in [0.2, 0.25) is 0 Å². The number of halogens is 1. The first kappa shape index (κ1) is 13.5. The maximum Gasteiger partial charge on any atom is 0.165 e. The zero-order valence-corrected chi connectivity index (χ0v) is 11.4. The third-order valence-electron chi connectivity index (χ3n) is 2.94. The molecule has 1 atom stereocenters. The number of alkyl halides is 1. The van der Waals surface area contributed by atoms with Crippen LogP contribution in [0.3, 0.4) is 0 Å². The molecule has 2 rings (SSSR count). The molecule has 0 bridgehead atoms. The van der Waals surface area contributed by atoms with Crippen LogP contribution in [-0.4, -0.2) is 25.9 Å². The van der Waals surface area contributed by atoms with E-state index in [4.69, 9.17) is 25.8 Å². The van der Waals surface area contributed by atoms with Gasteiger partial charge in [-0.25, -0.2) is 0 Å². The summed E-state index contributed by atoms with van der Waals surface area (Å²) in [7, 11) is 0. The van der Waals surface area contributed by atoms with Crippen LogP contribution in [0.25, 0.3) is 0 Å². The summed E-state index contributed by atoms with van der Waals surface area (Å²) in [5.41, 5.74) is 0.959. The lowest BCUT2D eigenvalue weighted by atomic mass is 10.2. The van der Waals surface area contributed by atoms with Gasteiger partial charge >= 0.3 is 0 Å². The van der Waals surface area contributed by atoms with Crippen LogP contribution in [-0.2, 0) is 10.6 Å². The number of hydrogen-bond acceptors (Lipinski definition) is 3. The van der Waals surface area contributed by atoms with Crippen LogP contribution in [0.1, 0.15) is 25.3 Å². The summed E-state index contributed by atoms with van der Waals surface area (Å²) in [6.07, 6.45) is 2.37. The topological polar surface area (TPSA) is 27.7 Å². The summed E-state index contributed by atoms with van der Waals surface area (Å²) in [4.78, 5) is 0. The van der Waals surface area contributed by atoms with E-state index in [9.17, 15) is 0 Å². The Morgan fingerprint density at radius 2 is 2.28 bits per heavy atom. The first-order valence-electron chi connectivity index (χ1n) is 6.40. The summed E-state index contributed by atoms with van der Waals surface area (Å²) in [6.45, 7) is 3.97. The van der Waals surface area contributed by atoms with Crippen LogP contribution in [0, 0.1) is 0 Å². The lowest BCUT2D eigenvalue weighted by Crippen LogP contribution is -2.17. The molecule has 0 radical (unpaired) electrons. The zero-order valence-electron chi connectivity index (χ0n) is 10.7. The van der Waals surface area contributed by atoms with E-state index >= 15 is 0 Å². The Hall–Kier alpha value is -0.930. The first-order valence-corrected chi connectivity index (χ1v) is 6.93. The quantitative estimate of drug-likeness (QED) is 0.742. The first-order chi connectivity index (χ1) is 8.85. The Morgan fingerprint density at radius 1 is 1.39 bits per heavy atom. The van der Waals surface area contributed by atoms with Crippen molar-refractivity contribution in [1.82, 2.24) is 0 Å². The molecule has 0 aliphatic carbocycles. The Balaban J connectivity index is 2.07. The predicted molar refractivity (Wildman–Crippen MR) is 71.6 cm³/mol. The van der Waals surface area contributed by atoms with Crippen molar-refractivity contribution in [3.8, 4) is 11.5 Å². The van der Waals surface area contributed by atoms with E-state index in [0.717, 1.165) is 36.5 Å². The fraction of sp³-hybridized carbons (Fsp3) is 0.571. The second-order valence-corrected chi connectivity index (χ2v) is 4.52. The Morgan fingerprint density at radius 3 is 2.94 bits per heavy atom.